The molecule has 1 aliphatic heterocycles. The third-order valence-corrected chi connectivity index (χ3v) is 3.25. The summed E-state index contributed by atoms with van der Waals surface area (Å²) in [6.07, 6.45) is 1.84. The van der Waals surface area contributed by atoms with Gasteiger partial charge >= 0.3 is 0 Å². The van der Waals surface area contributed by atoms with Gasteiger partial charge in [-0.2, -0.15) is 0 Å². The molecule has 4 nitrogen and oxygen atoms in total. The number of nitrogens with one attached hydrogen (secondary N) is 2. The van der Waals surface area contributed by atoms with E-state index in [1.807, 2.05) is 0 Å². The summed E-state index contributed by atoms with van der Waals surface area (Å²) < 4.78 is 18.1. The molecule has 1 amide bonds. The van der Waals surface area contributed by atoms with Crippen LogP contribution in [0.25, 0.3) is 0 Å². The molecule has 1 saturated heterocycles. The van der Waals surface area contributed by atoms with Crippen LogP contribution in [0.1, 0.15) is 12.8 Å². The molecule has 2 rings (SSSR count). The average molecular weight is 323 g/mol. The molecule has 1 aromatic rings. The highest BCUT2D eigenvalue weighted by atomic mass is 35.5. The van der Waals surface area contributed by atoms with Crippen molar-refractivity contribution >= 4 is 29.9 Å². The van der Waals surface area contributed by atoms with Crippen LogP contribution in [0.5, 0.6) is 5.75 Å². The highest BCUT2D eigenvalue weighted by Crippen LogP contribution is 2.24. The maximum atomic E-state index is 12.8. The normalized spacial score (nSPS) is 15.3. The zero-order valence-corrected chi connectivity index (χ0v) is 12.4. The predicted molar refractivity (Wildman–Crippen MR) is 78.2 cm³/mol. The predicted octanol–water partition coefficient (Wildman–Crippen LogP) is 2.15. The summed E-state index contributed by atoms with van der Waals surface area (Å²) in [6, 6.07) is 4.00. The van der Waals surface area contributed by atoms with Gasteiger partial charge in [0, 0.05) is 6.04 Å². The molecule has 112 valence electrons. The van der Waals surface area contributed by atoms with Gasteiger partial charge in [-0.25, -0.2) is 4.39 Å². The number of carbonyl (C=O) groups excluding carboxylic acids is 1. The SMILES string of the molecule is Cl.O=C(COc1ccc(F)cc1Cl)NC1CCNCC1. The minimum absolute atomic E-state index is 0. The van der Waals surface area contributed by atoms with Gasteiger partial charge in [-0.3, -0.25) is 4.79 Å². The van der Waals surface area contributed by atoms with Crippen LogP contribution in [0.15, 0.2) is 18.2 Å². The molecular formula is C13H17Cl2FN2O2. The van der Waals surface area contributed by atoms with Crippen LogP contribution in [0.2, 0.25) is 5.02 Å². The molecule has 0 spiro atoms. The summed E-state index contributed by atoms with van der Waals surface area (Å²) >= 11 is 5.80. The number of ether oxygens (including phenoxy) is 1. The number of hydrogen-bond acceptors (Lipinski definition) is 3. The van der Waals surface area contributed by atoms with Crippen LogP contribution in [0, 0.1) is 5.82 Å². The minimum Gasteiger partial charge on any atom is -0.482 e. The molecular weight excluding hydrogens is 306 g/mol. The molecule has 1 heterocycles. The Bertz CT molecular complexity index is 454. The first kappa shape index (κ1) is 17.0. The molecule has 0 unspecified atom stereocenters. The van der Waals surface area contributed by atoms with Gasteiger partial charge in [0.25, 0.3) is 5.91 Å². The molecule has 0 saturated carbocycles. The lowest BCUT2D eigenvalue weighted by atomic mass is 10.1. The van der Waals surface area contributed by atoms with E-state index in [0.29, 0.717) is 5.75 Å². The molecule has 0 bridgehead atoms. The van der Waals surface area contributed by atoms with E-state index < -0.39 is 5.82 Å². The zero-order valence-electron chi connectivity index (χ0n) is 10.8. The third-order valence-electron chi connectivity index (χ3n) is 2.96. The maximum Gasteiger partial charge on any atom is 0.258 e. The first-order chi connectivity index (χ1) is 9.15. The largest absolute Gasteiger partial charge is 0.482 e. The molecule has 1 aliphatic rings. The van der Waals surface area contributed by atoms with Crippen molar-refractivity contribution in [3.05, 3.63) is 29.0 Å². The number of piperidine rings is 1. The van der Waals surface area contributed by atoms with Crippen molar-refractivity contribution < 1.29 is 13.9 Å². The van der Waals surface area contributed by atoms with Crippen molar-refractivity contribution in [2.45, 2.75) is 18.9 Å². The van der Waals surface area contributed by atoms with E-state index in [4.69, 9.17) is 16.3 Å². The molecule has 0 aromatic heterocycles. The van der Waals surface area contributed by atoms with Crippen LogP contribution in [0.3, 0.4) is 0 Å². The zero-order chi connectivity index (χ0) is 13.7. The summed E-state index contributed by atoms with van der Waals surface area (Å²) in [4.78, 5) is 11.7. The third kappa shape index (κ3) is 5.15. The molecule has 7 heteroatoms. The van der Waals surface area contributed by atoms with Crippen molar-refractivity contribution in [1.29, 1.82) is 0 Å². The molecule has 2 N–H and O–H groups in total. The summed E-state index contributed by atoms with van der Waals surface area (Å²) in [7, 11) is 0. The summed E-state index contributed by atoms with van der Waals surface area (Å²) in [5.41, 5.74) is 0. The van der Waals surface area contributed by atoms with E-state index in [1.165, 1.54) is 12.1 Å². The van der Waals surface area contributed by atoms with E-state index in [9.17, 15) is 9.18 Å². The Balaban J connectivity index is 0.00000200. The molecule has 20 heavy (non-hydrogen) atoms. The number of carbonyl (C=O) groups is 1. The number of benzene rings is 1. The van der Waals surface area contributed by atoms with Gasteiger partial charge in [0.15, 0.2) is 6.61 Å². The lowest BCUT2D eigenvalue weighted by molar-refractivity contribution is -0.123. The minimum atomic E-state index is -0.434. The van der Waals surface area contributed by atoms with Crippen LogP contribution in [0.4, 0.5) is 4.39 Å². The van der Waals surface area contributed by atoms with Gasteiger partial charge in [0.2, 0.25) is 0 Å². The number of rotatable bonds is 4. The molecule has 1 aromatic carbocycles. The van der Waals surface area contributed by atoms with E-state index in [-0.39, 0.29) is 36.0 Å². The van der Waals surface area contributed by atoms with Crippen molar-refractivity contribution in [3.63, 3.8) is 0 Å². The number of amides is 1. The van der Waals surface area contributed by atoms with Gasteiger partial charge in [-0.15, -0.1) is 12.4 Å². The van der Waals surface area contributed by atoms with Crippen molar-refractivity contribution in [1.82, 2.24) is 10.6 Å². The second-order valence-corrected chi connectivity index (χ2v) is 4.86. The Labute approximate surface area is 128 Å². The van der Waals surface area contributed by atoms with E-state index in [0.717, 1.165) is 32.0 Å². The summed E-state index contributed by atoms with van der Waals surface area (Å²) in [5, 5.41) is 6.28. The Hall–Kier alpha value is -1.04. The van der Waals surface area contributed by atoms with Crippen LogP contribution >= 0.6 is 24.0 Å². The molecule has 0 radical (unpaired) electrons. The quantitative estimate of drug-likeness (QED) is 0.893. The second-order valence-electron chi connectivity index (χ2n) is 4.46. The van der Waals surface area contributed by atoms with Gasteiger partial charge in [-0.05, 0) is 44.1 Å². The maximum absolute atomic E-state index is 12.8. The highest BCUT2D eigenvalue weighted by Gasteiger charge is 2.15. The fraction of sp³-hybridized carbons (Fsp3) is 0.462. The smallest absolute Gasteiger partial charge is 0.258 e. The summed E-state index contributed by atoms with van der Waals surface area (Å²) in [5.74, 6) is -0.313. The highest BCUT2D eigenvalue weighted by molar-refractivity contribution is 6.32. The molecule has 0 atom stereocenters. The van der Waals surface area contributed by atoms with Gasteiger partial charge < -0.3 is 15.4 Å². The lowest BCUT2D eigenvalue weighted by Gasteiger charge is -2.23. The van der Waals surface area contributed by atoms with Crippen LogP contribution in [-0.2, 0) is 4.79 Å². The molecule has 1 fully saturated rings. The first-order valence-electron chi connectivity index (χ1n) is 6.23. The lowest BCUT2D eigenvalue weighted by Crippen LogP contribution is -2.44. The number of hydrogen-bond donors (Lipinski definition) is 2. The monoisotopic (exact) mass is 322 g/mol. The Morgan fingerprint density at radius 1 is 1.45 bits per heavy atom. The number of halogens is 3. The van der Waals surface area contributed by atoms with Gasteiger partial charge in [0.05, 0.1) is 5.02 Å². The Morgan fingerprint density at radius 2 is 2.15 bits per heavy atom. The van der Waals surface area contributed by atoms with Gasteiger partial charge in [0.1, 0.15) is 11.6 Å². The average Bonchev–Trinajstić information content (AvgIpc) is 2.39. The van der Waals surface area contributed by atoms with Crippen molar-refractivity contribution in [2.75, 3.05) is 19.7 Å². The second kappa shape index (κ2) is 8.29. The topological polar surface area (TPSA) is 50.4 Å². The van der Waals surface area contributed by atoms with Crippen LogP contribution in [-0.4, -0.2) is 31.6 Å². The fourth-order valence-electron chi connectivity index (χ4n) is 1.97. The molecule has 0 aliphatic carbocycles. The van der Waals surface area contributed by atoms with E-state index in [1.54, 1.807) is 0 Å². The van der Waals surface area contributed by atoms with Crippen LogP contribution < -0.4 is 15.4 Å². The summed E-state index contributed by atoms with van der Waals surface area (Å²) in [6.45, 7) is 1.71. The first-order valence-corrected chi connectivity index (χ1v) is 6.61. The van der Waals surface area contributed by atoms with Crippen molar-refractivity contribution in [2.24, 2.45) is 0 Å². The standard InChI is InChI=1S/C13H16ClFN2O2.ClH/c14-11-7-9(15)1-2-12(11)19-8-13(18)17-10-3-5-16-6-4-10;/h1-2,7,10,16H,3-6,8H2,(H,17,18);1H. The fourth-order valence-corrected chi connectivity index (χ4v) is 2.19. The Kier molecular flexibility index (Phi) is 7.05. The Morgan fingerprint density at radius 3 is 2.80 bits per heavy atom. The van der Waals surface area contributed by atoms with Gasteiger partial charge in [-0.1, -0.05) is 11.6 Å². The van der Waals surface area contributed by atoms with Crippen molar-refractivity contribution in [3.8, 4) is 5.75 Å². The van der Waals surface area contributed by atoms with E-state index >= 15 is 0 Å². The van der Waals surface area contributed by atoms with E-state index in [2.05, 4.69) is 10.6 Å².